The van der Waals surface area contributed by atoms with Crippen LogP contribution >= 0.6 is 0 Å². The van der Waals surface area contributed by atoms with Gasteiger partial charge >= 0.3 is 6.03 Å². The summed E-state index contributed by atoms with van der Waals surface area (Å²) in [5.74, 6) is 0.0130. The molecule has 2 aromatic carbocycles. The number of amides is 2. The number of hydrogen-bond donors (Lipinski definition) is 3. The lowest BCUT2D eigenvalue weighted by Crippen LogP contribution is -2.20. The molecule has 0 saturated carbocycles. The fourth-order valence-electron chi connectivity index (χ4n) is 1.72. The largest absolute Gasteiger partial charge is 0.495 e. The van der Waals surface area contributed by atoms with Crippen LogP contribution in [0.1, 0.15) is 0 Å². The Morgan fingerprint density at radius 2 is 1.95 bits per heavy atom. The van der Waals surface area contributed by atoms with Gasteiger partial charge in [0.2, 0.25) is 0 Å². The molecule has 0 radical (unpaired) electrons. The van der Waals surface area contributed by atoms with Crippen LogP contribution < -0.4 is 21.1 Å². The smallest absolute Gasteiger partial charge is 0.323 e. The lowest BCUT2D eigenvalue weighted by molar-refractivity contribution is 0.262. The van der Waals surface area contributed by atoms with Gasteiger partial charge in [0.15, 0.2) is 0 Å². The summed E-state index contributed by atoms with van der Waals surface area (Å²) in [5.41, 5.74) is 6.52. The van der Waals surface area contributed by atoms with Crippen LogP contribution in [0.3, 0.4) is 0 Å². The normalized spacial score (nSPS) is 9.90. The van der Waals surface area contributed by atoms with E-state index in [0.29, 0.717) is 11.4 Å². The van der Waals surface area contributed by atoms with E-state index < -0.39 is 11.8 Å². The number of methoxy groups -OCH3 is 1. The topological polar surface area (TPSA) is 76.4 Å². The first-order chi connectivity index (χ1) is 9.58. The highest BCUT2D eigenvalue weighted by molar-refractivity contribution is 6.00. The zero-order chi connectivity index (χ0) is 14.5. The molecule has 0 unspecified atom stereocenters. The van der Waals surface area contributed by atoms with Crippen molar-refractivity contribution >= 4 is 23.1 Å². The minimum absolute atomic E-state index is 0.234. The van der Waals surface area contributed by atoms with Gasteiger partial charge in [-0.05, 0) is 30.3 Å². The Labute approximate surface area is 115 Å². The van der Waals surface area contributed by atoms with Gasteiger partial charge in [0.25, 0.3) is 0 Å². The zero-order valence-electron chi connectivity index (χ0n) is 10.8. The van der Waals surface area contributed by atoms with Gasteiger partial charge in [0.05, 0.1) is 12.8 Å². The molecule has 0 bridgehead atoms. The summed E-state index contributed by atoms with van der Waals surface area (Å²) < 4.78 is 18.3. The third kappa shape index (κ3) is 3.38. The Morgan fingerprint density at radius 3 is 2.65 bits per heavy atom. The summed E-state index contributed by atoms with van der Waals surface area (Å²) in [4.78, 5) is 11.8. The van der Waals surface area contributed by atoms with Crippen LogP contribution in [0, 0.1) is 5.82 Å². The molecule has 20 heavy (non-hydrogen) atoms. The molecule has 0 aliphatic heterocycles. The first-order valence-corrected chi connectivity index (χ1v) is 5.85. The fourth-order valence-corrected chi connectivity index (χ4v) is 1.72. The van der Waals surface area contributed by atoms with Crippen molar-refractivity contribution in [1.29, 1.82) is 0 Å². The second kappa shape index (κ2) is 5.92. The summed E-state index contributed by atoms with van der Waals surface area (Å²) in [6.45, 7) is 0. The van der Waals surface area contributed by atoms with Crippen LogP contribution in [0.5, 0.6) is 5.75 Å². The van der Waals surface area contributed by atoms with Crippen LogP contribution in [0.2, 0.25) is 0 Å². The van der Waals surface area contributed by atoms with E-state index in [2.05, 4.69) is 10.6 Å². The number of nitrogen functional groups attached to an aromatic ring is 1. The molecule has 2 aromatic rings. The monoisotopic (exact) mass is 275 g/mol. The van der Waals surface area contributed by atoms with Gasteiger partial charge in [0, 0.05) is 11.4 Å². The molecule has 0 aliphatic rings. The zero-order valence-corrected chi connectivity index (χ0v) is 10.8. The van der Waals surface area contributed by atoms with Crippen molar-refractivity contribution in [3.05, 3.63) is 48.3 Å². The quantitative estimate of drug-likeness (QED) is 0.753. The second-order valence-electron chi connectivity index (χ2n) is 4.05. The lowest BCUT2D eigenvalue weighted by Gasteiger charge is -2.11. The summed E-state index contributed by atoms with van der Waals surface area (Å²) in [7, 11) is 1.51. The molecule has 2 amide bonds. The van der Waals surface area contributed by atoms with Gasteiger partial charge in [-0.2, -0.15) is 0 Å². The number of rotatable bonds is 3. The number of para-hydroxylation sites is 2. The number of halogens is 1. The summed E-state index contributed by atoms with van der Waals surface area (Å²) in [6, 6.07) is 10.3. The Hall–Kier alpha value is -2.76. The average molecular weight is 275 g/mol. The SMILES string of the molecule is COc1ccccc1NC(=O)Nc1cc(N)cc(F)c1. The van der Waals surface area contributed by atoms with Crippen LogP contribution in [-0.4, -0.2) is 13.1 Å². The second-order valence-corrected chi connectivity index (χ2v) is 4.05. The standard InChI is InChI=1S/C14H14FN3O2/c1-20-13-5-3-2-4-12(13)18-14(19)17-11-7-9(15)6-10(16)8-11/h2-8H,16H2,1H3,(H2,17,18,19). The third-order valence-electron chi connectivity index (χ3n) is 2.53. The maximum absolute atomic E-state index is 13.2. The van der Waals surface area contributed by atoms with Crippen LogP contribution in [0.25, 0.3) is 0 Å². The van der Waals surface area contributed by atoms with E-state index in [1.54, 1.807) is 24.3 Å². The maximum Gasteiger partial charge on any atom is 0.323 e. The van der Waals surface area contributed by atoms with Crippen molar-refractivity contribution in [1.82, 2.24) is 0 Å². The number of hydrogen-bond acceptors (Lipinski definition) is 3. The van der Waals surface area contributed by atoms with Gasteiger partial charge in [-0.3, -0.25) is 0 Å². The Kier molecular flexibility index (Phi) is 4.05. The maximum atomic E-state index is 13.2. The van der Waals surface area contributed by atoms with E-state index in [0.717, 1.165) is 0 Å². The minimum atomic E-state index is -0.516. The van der Waals surface area contributed by atoms with E-state index in [9.17, 15) is 9.18 Å². The molecule has 0 fully saturated rings. The molecule has 0 aromatic heterocycles. The molecular formula is C14H14FN3O2. The molecule has 2 rings (SSSR count). The summed E-state index contributed by atoms with van der Waals surface area (Å²) >= 11 is 0. The average Bonchev–Trinajstić information content (AvgIpc) is 2.37. The number of carbonyl (C=O) groups is 1. The van der Waals surface area contributed by atoms with Crippen molar-refractivity contribution in [2.75, 3.05) is 23.5 Å². The van der Waals surface area contributed by atoms with Gasteiger partial charge in [-0.25, -0.2) is 9.18 Å². The van der Waals surface area contributed by atoms with E-state index in [-0.39, 0.29) is 11.4 Å². The van der Waals surface area contributed by atoms with Gasteiger partial charge in [-0.1, -0.05) is 12.1 Å². The molecule has 0 atom stereocenters. The van der Waals surface area contributed by atoms with Crippen molar-refractivity contribution < 1.29 is 13.9 Å². The van der Waals surface area contributed by atoms with Crippen molar-refractivity contribution in [2.45, 2.75) is 0 Å². The highest BCUT2D eigenvalue weighted by Gasteiger charge is 2.07. The summed E-state index contributed by atoms with van der Waals surface area (Å²) in [6.07, 6.45) is 0. The van der Waals surface area contributed by atoms with E-state index in [1.165, 1.54) is 25.3 Å². The van der Waals surface area contributed by atoms with E-state index >= 15 is 0 Å². The Bertz CT molecular complexity index is 611. The van der Waals surface area contributed by atoms with E-state index in [1.807, 2.05) is 0 Å². The molecular weight excluding hydrogens is 261 g/mol. The number of ether oxygens (including phenoxy) is 1. The number of carbonyl (C=O) groups excluding carboxylic acids is 1. The fraction of sp³-hybridized carbons (Fsp3) is 0.0714. The number of anilines is 3. The van der Waals surface area contributed by atoms with Gasteiger partial charge in [-0.15, -0.1) is 0 Å². The minimum Gasteiger partial charge on any atom is -0.495 e. The highest BCUT2D eigenvalue weighted by atomic mass is 19.1. The third-order valence-corrected chi connectivity index (χ3v) is 2.53. The van der Waals surface area contributed by atoms with E-state index in [4.69, 9.17) is 10.5 Å². The predicted molar refractivity (Wildman–Crippen MR) is 76.4 cm³/mol. The molecule has 0 saturated heterocycles. The molecule has 0 spiro atoms. The molecule has 104 valence electrons. The molecule has 0 heterocycles. The lowest BCUT2D eigenvalue weighted by atomic mass is 10.2. The van der Waals surface area contributed by atoms with Crippen molar-refractivity contribution in [2.24, 2.45) is 0 Å². The van der Waals surface area contributed by atoms with Crippen molar-refractivity contribution in [3.8, 4) is 5.75 Å². The summed E-state index contributed by atoms with van der Waals surface area (Å²) in [5, 5.41) is 5.11. The number of benzene rings is 2. The predicted octanol–water partition coefficient (Wildman–Crippen LogP) is 3.06. The molecule has 5 nitrogen and oxygen atoms in total. The number of nitrogens with one attached hydrogen (secondary N) is 2. The molecule has 4 N–H and O–H groups in total. The first kappa shape index (κ1) is 13.7. The van der Waals surface area contributed by atoms with Gasteiger partial charge < -0.3 is 21.1 Å². The molecule has 6 heteroatoms. The van der Waals surface area contributed by atoms with Crippen LogP contribution in [0.15, 0.2) is 42.5 Å². The number of nitrogens with two attached hydrogens (primary N) is 1. The Balaban J connectivity index is 2.09. The highest BCUT2D eigenvalue weighted by Crippen LogP contribution is 2.23. The number of urea groups is 1. The molecule has 0 aliphatic carbocycles. The van der Waals surface area contributed by atoms with Gasteiger partial charge in [0.1, 0.15) is 11.6 Å². The van der Waals surface area contributed by atoms with Crippen molar-refractivity contribution in [3.63, 3.8) is 0 Å². The first-order valence-electron chi connectivity index (χ1n) is 5.85. The van der Waals surface area contributed by atoms with Crippen LogP contribution in [0.4, 0.5) is 26.2 Å². The van der Waals surface area contributed by atoms with Crippen LogP contribution in [-0.2, 0) is 0 Å². The Morgan fingerprint density at radius 1 is 1.20 bits per heavy atom.